The van der Waals surface area contributed by atoms with Gasteiger partial charge in [-0.2, -0.15) is 0 Å². The summed E-state index contributed by atoms with van der Waals surface area (Å²) in [7, 11) is 0. The average molecular weight is 877 g/mol. The highest BCUT2D eigenvalue weighted by Crippen LogP contribution is 2.56. The fraction of sp³-hybridized carbons (Fsp3) is 0.0149. The smallest absolute Gasteiger partial charge is 0.160 e. The monoisotopic (exact) mass is 876 g/mol. The van der Waals surface area contributed by atoms with E-state index >= 15 is 0 Å². The molecule has 0 atom stereocenters. The number of hydrogen-bond acceptors (Lipinski definition) is 2. The molecular weight excluding hydrogens is 833 g/mol. The zero-order chi connectivity index (χ0) is 45.7. The van der Waals surface area contributed by atoms with Crippen LogP contribution in [0.5, 0.6) is 0 Å². The summed E-state index contributed by atoms with van der Waals surface area (Å²) in [6.07, 6.45) is 0. The summed E-state index contributed by atoms with van der Waals surface area (Å²) in [5, 5.41) is 4.79. The SMILES string of the molecule is c1ccc(-c2nc(-c3ccc(-c4cccc5ccccc45)cc3)cc(-c3ccc(-c4cccc(-c5ccc6c(c5)-c5ccccc5C6(c5ccccc5)c5ccccc5)c4)c4ccccc34)n2)cc1. The van der Waals surface area contributed by atoms with Crippen LogP contribution < -0.4 is 0 Å². The highest BCUT2D eigenvalue weighted by Gasteiger charge is 2.46. The molecule has 1 aromatic heterocycles. The lowest BCUT2D eigenvalue weighted by Gasteiger charge is -2.33. The van der Waals surface area contributed by atoms with Crippen LogP contribution >= 0.6 is 0 Å². The molecule has 0 aliphatic heterocycles. The largest absolute Gasteiger partial charge is 0.228 e. The third-order valence-corrected chi connectivity index (χ3v) is 14.2. The van der Waals surface area contributed by atoms with E-state index in [9.17, 15) is 0 Å². The molecule has 1 heterocycles. The summed E-state index contributed by atoms with van der Waals surface area (Å²) in [6, 6.07) is 96.7. The predicted octanol–water partition coefficient (Wildman–Crippen LogP) is 17.1. The fourth-order valence-corrected chi connectivity index (χ4v) is 11.0. The summed E-state index contributed by atoms with van der Waals surface area (Å²) >= 11 is 0. The Labute approximate surface area is 402 Å². The van der Waals surface area contributed by atoms with Crippen LogP contribution in [0.2, 0.25) is 0 Å². The van der Waals surface area contributed by atoms with E-state index in [0.29, 0.717) is 5.82 Å². The van der Waals surface area contributed by atoms with Crippen LogP contribution in [0.15, 0.2) is 267 Å². The molecule has 0 saturated heterocycles. The second-order valence-corrected chi connectivity index (χ2v) is 18.0. The Morgan fingerprint density at radius 2 is 0.739 bits per heavy atom. The number of rotatable bonds is 8. The molecule has 0 fully saturated rings. The number of aromatic nitrogens is 2. The first-order valence-electron chi connectivity index (χ1n) is 23.7. The Kier molecular flexibility index (Phi) is 9.77. The first kappa shape index (κ1) is 40.3. The molecule has 0 unspecified atom stereocenters. The van der Waals surface area contributed by atoms with Gasteiger partial charge in [-0.15, -0.1) is 0 Å². The molecule has 69 heavy (non-hydrogen) atoms. The maximum atomic E-state index is 5.29. The summed E-state index contributed by atoms with van der Waals surface area (Å²) < 4.78 is 0. The number of hydrogen-bond donors (Lipinski definition) is 0. The van der Waals surface area contributed by atoms with Gasteiger partial charge in [-0.3, -0.25) is 0 Å². The van der Waals surface area contributed by atoms with Crippen molar-refractivity contribution in [2.45, 2.75) is 5.41 Å². The van der Waals surface area contributed by atoms with Crippen LogP contribution in [-0.2, 0) is 5.41 Å². The molecule has 12 aromatic rings. The van der Waals surface area contributed by atoms with Crippen molar-refractivity contribution in [2.75, 3.05) is 0 Å². The molecule has 2 nitrogen and oxygen atoms in total. The predicted molar refractivity (Wildman–Crippen MR) is 287 cm³/mol. The minimum atomic E-state index is -0.426. The fourth-order valence-electron chi connectivity index (χ4n) is 11.0. The van der Waals surface area contributed by atoms with E-state index in [1.165, 1.54) is 82.9 Å². The molecule has 322 valence electrons. The molecule has 2 heteroatoms. The molecule has 1 aliphatic carbocycles. The summed E-state index contributed by atoms with van der Waals surface area (Å²) in [6.45, 7) is 0. The van der Waals surface area contributed by atoms with Crippen LogP contribution in [0, 0.1) is 0 Å². The van der Waals surface area contributed by atoms with E-state index in [0.717, 1.165) is 33.5 Å². The second kappa shape index (κ2) is 16.7. The van der Waals surface area contributed by atoms with E-state index in [1.807, 2.05) is 18.2 Å². The Balaban J connectivity index is 0.901. The van der Waals surface area contributed by atoms with Crippen molar-refractivity contribution in [2.24, 2.45) is 0 Å². The highest BCUT2D eigenvalue weighted by molar-refractivity contribution is 6.05. The number of benzene rings is 11. The van der Waals surface area contributed by atoms with Gasteiger partial charge < -0.3 is 0 Å². The molecule has 11 aromatic carbocycles. The average Bonchev–Trinajstić information content (AvgIpc) is 3.73. The van der Waals surface area contributed by atoms with Crippen molar-refractivity contribution in [1.82, 2.24) is 9.97 Å². The molecule has 0 amide bonds. The Bertz CT molecular complexity index is 3830. The standard InChI is InChI=1S/C67H44N2/c1-4-19-48(20-5-1)66-68-64(47-36-34-46(35-37-47)55-32-17-21-45-18-10-11-28-54(45)55)44-65(69-66)60-40-39-56(57-29-12-13-30-58(57)60)51-23-16-22-49(42-51)50-38-41-63-61(43-50)59-31-14-15-33-62(59)67(63,52-24-6-2-7-25-52)53-26-8-3-9-27-53/h1-44H. The number of nitrogens with zero attached hydrogens (tertiary/aromatic N) is 2. The van der Waals surface area contributed by atoms with Crippen molar-refractivity contribution in [3.63, 3.8) is 0 Å². The van der Waals surface area contributed by atoms with Gasteiger partial charge in [0.05, 0.1) is 16.8 Å². The van der Waals surface area contributed by atoms with E-state index in [2.05, 4.69) is 249 Å². The first-order chi connectivity index (χ1) is 34.2. The molecule has 0 spiro atoms. The Morgan fingerprint density at radius 3 is 1.51 bits per heavy atom. The lowest BCUT2D eigenvalue weighted by molar-refractivity contribution is 0.768. The van der Waals surface area contributed by atoms with Gasteiger partial charge in [0.15, 0.2) is 5.82 Å². The third kappa shape index (κ3) is 6.80. The molecule has 0 bridgehead atoms. The summed E-state index contributed by atoms with van der Waals surface area (Å²) in [5.41, 5.74) is 19.2. The minimum Gasteiger partial charge on any atom is -0.228 e. The lowest BCUT2D eigenvalue weighted by atomic mass is 9.67. The lowest BCUT2D eigenvalue weighted by Crippen LogP contribution is -2.28. The minimum absolute atomic E-state index is 0.426. The van der Waals surface area contributed by atoms with Gasteiger partial charge in [-0.05, 0) is 107 Å². The van der Waals surface area contributed by atoms with Gasteiger partial charge in [-0.1, -0.05) is 249 Å². The molecule has 0 N–H and O–H groups in total. The van der Waals surface area contributed by atoms with Gasteiger partial charge in [0.1, 0.15) is 0 Å². The van der Waals surface area contributed by atoms with Crippen molar-refractivity contribution in [1.29, 1.82) is 0 Å². The Morgan fingerprint density at radius 1 is 0.246 bits per heavy atom. The third-order valence-electron chi connectivity index (χ3n) is 14.2. The first-order valence-corrected chi connectivity index (χ1v) is 23.7. The topological polar surface area (TPSA) is 25.8 Å². The normalized spacial score (nSPS) is 12.5. The molecule has 13 rings (SSSR count). The molecule has 0 saturated carbocycles. The summed E-state index contributed by atoms with van der Waals surface area (Å²) in [5.74, 6) is 0.698. The van der Waals surface area contributed by atoms with Gasteiger partial charge in [-0.25, -0.2) is 9.97 Å². The maximum absolute atomic E-state index is 5.29. The van der Waals surface area contributed by atoms with E-state index in [4.69, 9.17) is 9.97 Å². The van der Waals surface area contributed by atoms with E-state index < -0.39 is 5.41 Å². The maximum Gasteiger partial charge on any atom is 0.160 e. The molecule has 0 radical (unpaired) electrons. The number of fused-ring (bicyclic) bond motifs is 5. The van der Waals surface area contributed by atoms with E-state index in [-0.39, 0.29) is 0 Å². The van der Waals surface area contributed by atoms with Gasteiger partial charge in [0, 0.05) is 16.7 Å². The van der Waals surface area contributed by atoms with Crippen molar-refractivity contribution in [3.05, 3.63) is 289 Å². The van der Waals surface area contributed by atoms with Crippen LogP contribution in [0.3, 0.4) is 0 Å². The zero-order valence-electron chi connectivity index (χ0n) is 37.8. The van der Waals surface area contributed by atoms with Gasteiger partial charge in [0.2, 0.25) is 0 Å². The quantitative estimate of drug-likeness (QED) is 0.152. The summed E-state index contributed by atoms with van der Waals surface area (Å²) in [4.78, 5) is 10.5. The zero-order valence-corrected chi connectivity index (χ0v) is 37.8. The van der Waals surface area contributed by atoms with Crippen molar-refractivity contribution >= 4 is 21.5 Å². The van der Waals surface area contributed by atoms with Crippen molar-refractivity contribution in [3.8, 4) is 78.4 Å². The second-order valence-electron chi connectivity index (χ2n) is 18.0. The van der Waals surface area contributed by atoms with Crippen LogP contribution in [0.25, 0.3) is 100.0 Å². The Hall–Kier alpha value is -8.98. The molecular formula is C67H44N2. The van der Waals surface area contributed by atoms with Gasteiger partial charge >= 0.3 is 0 Å². The van der Waals surface area contributed by atoms with Gasteiger partial charge in [0.25, 0.3) is 0 Å². The molecule has 1 aliphatic rings. The van der Waals surface area contributed by atoms with Crippen molar-refractivity contribution < 1.29 is 0 Å². The highest BCUT2D eigenvalue weighted by atomic mass is 14.9. The van der Waals surface area contributed by atoms with Crippen LogP contribution in [0.1, 0.15) is 22.3 Å². The van der Waals surface area contributed by atoms with E-state index in [1.54, 1.807) is 0 Å². The van der Waals surface area contributed by atoms with Crippen LogP contribution in [0.4, 0.5) is 0 Å². The van der Waals surface area contributed by atoms with Crippen LogP contribution in [-0.4, -0.2) is 9.97 Å².